The summed E-state index contributed by atoms with van der Waals surface area (Å²) in [4.78, 5) is 15.1. The molecule has 1 heterocycles. The van der Waals surface area contributed by atoms with Gasteiger partial charge < -0.3 is 10.4 Å². The number of carboxylic acid groups (broad SMARTS) is 1. The normalized spacial score (nSPS) is 10.2. The molecule has 0 bridgehead atoms. The average Bonchev–Trinajstić information content (AvgIpc) is 2.41. The van der Waals surface area contributed by atoms with Crippen molar-refractivity contribution in [3.8, 4) is 0 Å². The van der Waals surface area contributed by atoms with Gasteiger partial charge in [0.2, 0.25) is 0 Å². The fourth-order valence-corrected chi connectivity index (χ4v) is 1.91. The molecule has 98 valence electrons. The summed E-state index contributed by atoms with van der Waals surface area (Å²) < 4.78 is 0. The number of nitrogens with zero attached hydrogens (tertiary/aromatic N) is 1. The molecule has 1 aromatic carbocycles. The second-order valence-corrected chi connectivity index (χ2v) is 4.47. The molecular formula is C14H13ClN2O2. The van der Waals surface area contributed by atoms with Gasteiger partial charge >= 0.3 is 5.97 Å². The molecule has 0 saturated heterocycles. The summed E-state index contributed by atoms with van der Waals surface area (Å²) in [6.07, 6.45) is 4.29. The van der Waals surface area contributed by atoms with Crippen LogP contribution in [0.3, 0.4) is 0 Å². The van der Waals surface area contributed by atoms with Crippen LogP contribution in [0.25, 0.3) is 0 Å². The molecule has 0 aliphatic rings. The molecule has 0 unspecified atom stereocenters. The third-order valence-electron chi connectivity index (χ3n) is 2.66. The van der Waals surface area contributed by atoms with Crippen LogP contribution in [0, 0.1) is 0 Å². The monoisotopic (exact) mass is 276 g/mol. The van der Waals surface area contributed by atoms with Crippen molar-refractivity contribution in [3.05, 3.63) is 58.9 Å². The van der Waals surface area contributed by atoms with Crippen molar-refractivity contribution in [3.63, 3.8) is 0 Å². The molecule has 4 nitrogen and oxygen atoms in total. The van der Waals surface area contributed by atoms with Gasteiger partial charge in [0.05, 0.1) is 5.56 Å². The highest BCUT2D eigenvalue weighted by Crippen LogP contribution is 2.20. The zero-order chi connectivity index (χ0) is 13.7. The topological polar surface area (TPSA) is 62.2 Å². The smallest absolute Gasteiger partial charge is 0.337 e. The maximum Gasteiger partial charge on any atom is 0.337 e. The lowest BCUT2D eigenvalue weighted by molar-refractivity contribution is 0.0698. The number of aromatic nitrogens is 1. The van der Waals surface area contributed by atoms with E-state index >= 15 is 0 Å². The quantitative estimate of drug-likeness (QED) is 0.881. The van der Waals surface area contributed by atoms with Crippen LogP contribution in [0.1, 0.15) is 15.9 Å². The Labute approximate surface area is 116 Å². The first-order valence-corrected chi connectivity index (χ1v) is 6.20. The summed E-state index contributed by atoms with van der Waals surface area (Å²) >= 11 is 5.79. The molecule has 0 fully saturated rings. The first-order chi connectivity index (χ1) is 9.16. The van der Waals surface area contributed by atoms with E-state index in [1.165, 1.54) is 6.07 Å². The van der Waals surface area contributed by atoms with E-state index in [0.29, 0.717) is 17.3 Å². The lowest BCUT2D eigenvalue weighted by atomic mass is 10.1. The fourth-order valence-electron chi connectivity index (χ4n) is 1.74. The van der Waals surface area contributed by atoms with E-state index in [1.54, 1.807) is 24.5 Å². The van der Waals surface area contributed by atoms with Crippen LogP contribution in [0.5, 0.6) is 0 Å². The van der Waals surface area contributed by atoms with E-state index in [1.807, 2.05) is 12.1 Å². The third-order valence-corrected chi connectivity index (χ3v) is 2.90. The lowest BCUT2D eigenvalue weighted by Gasteiger charge is -2.09. The summed E-state index contributed by atoms with van der Waals surface area (Å²) in [7, 11) is 0. The fraction of sp³-hybridized carbons (Fsp3) is 0.143. The SMILES string of the molecule is O=C(O)c1cc(Cl)ccc1NCCc1cccnc1. The van der Waals surface area contributed by atoms with E-state index in [0.717, 1.165) is 12.0 Å². The van der Waals surface area contributed by atoms with Crippen molar-refractivity contribution in [2.75, 3.05) is 11.9 Å². The highest BCUT2D eigenvalue weighted by Gasteiger charge is 2.10. The van der Waals surface area contributed by atoms with E-state index < -0.39 is 5.97 Å². The molecule has 1 aromatic heterocycles. The number of anilines is 1. The first-order valence-electron chi connectivity index (χ1n) is 5.82. The van der Waals surface area contributed by atoms with Crippen molar-refractivity contribution in [1.82, 2.24) is 4.98 Å². The lowest BCUT2D eigenvalue weighted by Crippen LogP contribution is -2.09. The van der Waals surface area contributed by atoms with Gasteiger partial charge in [-0.2, -0.15) is 0 Å². The molecule has 0 atom stereocenters. The van der Waals surface area contributed by atoms with Gasteiger partial charge in [0.15, 0.2) is 0 Å². The minimum absolute atomic E-state index is 0.179. The minimum Gasteiger partial charge on any atom is -0.478 e. The van der Waals surface area contributed by atoms with Crippen LogP contribution in [0.4, 0.5) is 5.69 Å². The zero-order valence-electron chi connectivity index (χ0n) is 10.1. The number of hydrogen-bond donors (Lipinski definition) is 2. The molecule has 0 spiro atoms. The van der Waals surface area contributed by atoms with Gasteiger partial charge in [0, 0.05) is 29.6 Å². The average molecular weight is 277 g/mol. The predicted molar refractivity (Wildman–Crippen MR) is 74.8 cm³/mol. The van der Waals surface area contributed by atoms with E-state index in [4.69, 9.17) is 16.7 Å². The van der Waals surface area contributed by atoms with E-state index in [9.17, 15) is 4.79 Å². The summed E-state index contributed by atoms with van der Waals surface area (Å²) in [5.74, 6) is -0.994. The summed E-state index contributed by atoms with van der Waals surface area (Å²) in [6, 6.07) is 8.64. The Kier molecular flexibility index (Phi) is 4.36. The highest BCUT2D eigenvalue weighted by atomic mass is 35.5. The van der Waals surface area contributed by atoms with Crippen LogP contribution in [-0.4, -0.2) is 22.6 Å². The Morgan fingerprint density at radius 2 is 2.21 bits per heavy atom. The standard InChI is InChI=1S/C14H13ClN2O2/c15-11-3-4-13(12(8-11)14(18)19)17-7-5-10-2-1-6-16-9-10/h1-4,6,8-9,17H,5,7H2,(H,18,19). The van der Waals surface area contributed by atoms with Gasteiger partial charge in [0.1, 0.15) is 0 Å². The molecule has 0 aliphatic heterocycles. The van der Waals surface area contributed by atoms with E-state index in [2.05, 4.69) is 10.3 Å². The van der Waals surface area contributed by atoms with Crippen LogP contribution in [0.2, 0.25) is 5.02 Å². The molecule has 2 rings (SSSR count). The van der Waals surface area contributed by atoms with Crippen LogP contribution in [0.15, 0.2) is 42.7 Å². The number of hydrogen-bond acceptors (Lipinski definition) is 3. The van der Waals surface area contributed by atoms with Crippen molar-refractivity contribution >= 4 is 23.3 Å². The molecule has 0 saturated carbocycles. The summed E-state index contributed by atoms with van der Waals surface area (Å²) in [5, 5.41) is 12.6. The number of carboxylic acids is 1. The molecule has 2 aromatic rings. The zero-order valence-corrected chi connectivity index (χ0v) is 10.9. The summed E-state index contributed by atoms with van der Waals surface area (Å²) in [6.45, 7) is 0.633. The molecule has 19 heavy (non-hydrogen) atoms. The second-order valence-electron chi connectivity index (χ2n) is 4.03. The number of pyridine rings is 1. The van der Waals surface area contributed by atoms with Crippen LogP contribution in [-0.2, 0) is 6.42 Å². The van der Waals surface area contributed by atoms with Crippen molar-refractivity contribution in [2.45, 2.75) is 6.42 Å². The van der Waals surface area contributed by atoms with Crippen LogP contribution >= 0.6 is 11.6 Å². The van der Waals surface area contributed by atoms with Gasteiger partial charge in [0.25, 0.3) is 0 Å². The van der Waals surface area contributed by atoms with Gasteiger partial charge in [-0.3, -0.25) is 4.98 Å². The molecule has 0 aliphatic carbocycles. The Morgan fingerprint density at radius 3 is 2.89 bits per heavy atom. The predicted octanol–water partition coefficient (Wildman–Crippen LogP) is 3.09. The molecule has 2 N–H and O–H groups in total. The number of benzene rings is 1. The van der Waals surface area contributed by atoms with Crippen molar-refractivity contribution < 1.29 is 9.90 Å². The number of rotatable bonds is 5. The van der Waals surface area contributed by atoms with Gasteiger partial charge in [-0.05, 0) is 36.2 Å². The van der Waals surface area contributed by atoms with Gasteiger partial charge in [-0.25, -0.2) is 4.79 Å². The molecule has 0 amide bonds. The van der Waals surface area contributed by atoms with Crippen molar-refractivity contribution in [1.29, 1.82) is 0 Å². The highest BCUT2D eigenvalue weighted by molar-refractivity contribution is 6.31. The largest absolute Gasteiger partial charge is 0.478 e. The maximum atomic E-state index is 11.1. The number of nitrogens with one attached hydrogen (secondary N) is 1. The summed E-state index contributed by atoms with van der Waals surface area (Å²) in [5.41, 5.74) is 1.85. The number of aromatic carboxylic acids is 1. The molecular weight excluding hydrogens is 264 g/mol. The minimum atomic E-state index is -0.994. The van der Waals surface area contributed by atoms with Gasteiger partial charge in [-0.15, -0.1) is 0 Å². The Hall–Kier alpha value is -2.07. The van der Waals surface area contributed by atoms with E-state index in [-0.39, 0.29) is 5.56 Å². The number of halogens is 1. The Bertz CT molecular complexity index is 573. The Balaban J connectivity index is 2.02. The molecule has 0 radical (unpaired) electrons. The van der Waals surface area contributed by atoms with Gasteiger partial charge in [-0.1, -0.05) is 17.7 Å². The third kappa shape index (κ3) is 3.69. The van der Waals surface area contributed by atoms with Crippen LogP contribution < -0.4 is 5.32 Å². The number of carbonyl (C=O) groups is 1. The Morgan fingerprint density at radius 1 is 1.37 bits per heavy atom. The second kappa shape index (κ2) is 6.20. The van der Waals surface area contributed by atoms with Crippen molar-refractivity contribution in [2.24, 2.45) is 0 Å². The molecule has 5 heteroatoms. The first kappa shape index (κ1) is 13.4. The maximum absolute atomic E-state index is 11.1.